The predicted molar refractivity (Wildman–Crippen MR) is 78.9 cm³/mol. The van der Waals surface area contributed by atoms with Gasteiger partial charge < -0.3 is 10.1 Å². The summed E-state index contributed by atoms with van der Waals surface area (Å²) in [6, 6.07) is 3.75. The fraction of sp³-hybridized carbons (Fsp3) is 0.357. The van der Waals surface area contributed by atoms with Crippen LogP contribution >= 0.6 is 11.3 Å². The van der Waals surface area contributed by atoms with Crippen molar-refractivity contribution >= 4 is 17.2 Å². The average molecular weight is 291 g/mol. The van der Waals surface area contributed by atoms with E-state index in [0.717, 1.165) is 16.3 Å². The Morgan fingerprint density at radius 1 is 1.55 bits per heavy atom. The number of ether oxygens (including phenoxy) is 1. The monoisotopic (exact) mass is 291 g/mol. The zero-order valence-corrected chi connectivity index (χ0v) is 12.5. The molecule has 20 heavy (non-hydrogen) atoms. The van der Waals surface area contributed by atoms with Gasteiger partial charge in [-0.05, 0) is 26.0 Å². The van der Waals surface area contributed by atoms with E-state index in [1.165, 1.54) is 11.3 Å². The third-order valence-corrected chi connectivity index (χ3v) is 3.91. The number of carbonyl (C=O) groups excluding carboxylic acids is 1. The molecule has 0 radical (unpaired) electrons. The van der Waals surface area contributed by atoms with Gasteiger partial charge in [-0.3, -0.25) is 9.78 Å². The molecule has 6 heteroatoms. The molecule has 2 aromatic heterocycles. The molecule has 1 N–H and O–H groups in total. The molecule has 1 amide bonds. The average Bonchev–Trinajstić information content (AvgIpc) is 2.82. The molecule has 0 saturated carbocycles. The minimum absolute atomic E-state index is 0.0316. The number of pyridine rings is 1. The van der Waals surface area contributed by atoms with Crippen LogP contribution in [-0.2, 0) is 4.74 Å². The third kappa shape index (κ3) is 3.40. The lowest BCUT2D eigenvalue weighted by Gasteiger charge is -2.11. The molecule has 2 aromatic rings. The van der Waals surface area contributed by atoms with Crippen molar-refractivity contribution in [1.29, 1.82) is 0 Å². The molecule has 0 spiro atoms. The highest BCUT2D eigenvalue weighted by molar-refractivity contribution is 7.17. The number of hydrogen-bond donors (Lipinski definition) is 1. The summed E-state index contributed by atoms with van der Waals surface area (Å²) in [6.45, 7) is 4.23. The minimum atomic E-state index is -0.111. The minimum Gasteiger partial charge on any atom is -0.383 e. The number of rotatable bonds is 5. The summed E-state index contributed by atoms with van der Waals surface area (Å²) in [5, 5.41) is 3.70. The predicted octanol–water partition coefficient (Wildman–Crippen LogP) is 2.28. The number of carbonyl (C=O) groups is 1. The Labute approximate surface area is 122 Å². The summed E-state index contributed by atoms with van der Waals surface area (Å²) in [5.41, 5.74) is 1.65. The smallest absolute Gasteiger partial charge is 0.263 e. The number of methoxy groups -OCH3 is 1. The van der Waals surface area contributed by atoms with Crippen LogP contribution < -0.4 is 5.32 Å². The highest BCUT2D eigenvalue weighted by atomic mass is 32.1. The summed E-state index contributed by atoms with van der Waals surface area (Å²) in [4.78, 5) is 21.3. The van der Waals surface area contributed by atoms with Crippen LogP contribution in [0.25, 0.3) is 10.6 Å². The van der Waals surface area contributed by atoms with Crippen LogP contribution in [0.2, 0.25) is 0 Å². The van der Waals surface area contributed by atoms with Gasteiger partial charge in [0, 0.05) is 31.1 Å². The molecule has 0 aliphatic carbocycles. The molecule has 1 atom stereocenters. The lowest BCUT2D eigenvalue weighted by atomic mass is 10.3. The second-order valence-electron chi connectivity index (χ2n) is 4.51. The van der Waals surface area contributed by atoms with E-state index in [-0.39, 0.29) is 11.9 Å². The first-order chi connectivity index (χ1) is 9.61. The van der Waals surface area contributed by atoms with Gasteiger partial charge in [-0.25, -0.2) is 4.98 Å². The number of nitrogens with zero attached hydrogens (tertiary/aromatic N) is 2. The summed E-state index contributed by atoms with van der Waals surface area (Å²) < 4.78 is 5.01. The Bertz CT molecular complexity index is 583. The third-order valence-electron chi connectivity index (χ3n) is 2.71. The lowest BCUT2D eigenvalue weighted by Crippen LogP contribution is -2.35. The van der Waals surface area contributed by atoms with Crippen molar-refractivity contribution in [3.63, 3.8) is 0 Å². The van der Waals surface area contributed by atoms with E-state index in [4.69, 9.17) is 4.74 Å². The van der Waals surface area contributed by atoms with Crippen LogP contribution in [0.3, 0.4) is 0 Å². The number of aromatic nitrogens is 2. The second kappa shape index (κ2) is 6.58. The maximum absolute atomic E-state index is 12.2. The van der Waals surface area contributed by atoms with Crippen molar-refractivity contribution in [2.45, 2.75) is 19.9 Å². The van der Waals surface area contributed by atoms with Crippen molar-refractivity contribution in [1.82, 2.24) is 15.3 Å². The second-order valence-corrected chi connectivity index (χ2v) is 5.50. The van der Waals surface area contributed by atoms with E-state index < -0.39 is 0 Å². The van der Waals surface area contributed by atoms with Gasteiger partial charge >= 0.3 is 0 Å². The molecule has 0 aromatic carbocycles. The van der Waals surface area contributed by atoms with E-state index in [1.54, 1.807) is 19.5 Å². The fourth-order valence-corrected chi connectivity index (χ4v) is 2.76. The Hall–Kier alpha value is -1.79. The van der Waals surface area contributed by atoms with Gasteiger partial charge in [-0.15, -0.1) is 11.3 Å². The number of thiazole rings is 1. The van der Waals surface area contributed by atoms with Gasteiger partial charge in [0.1, 0.15) is 9.88 Å². The van der Waals surface area contributed by atoms with Gasteiger partial charge in [0.15, 0.2) is 0 Å². The summed E-state index contributed by atoms with van der Waals surface area (Å²) in [5.74, 6) is -0.111. The van der Waals surface area contributed by atoms with Gasteiger partial charge in [-0.2, -0.15) is 0 Å². The SMILES string of the molecule is COCC(C)NC(=O)c1sc(-c2cccnc2)nc1C. The number of nitrogens with one attached hydrogen (secondary N) is 1. The van der Waals surface area contributed by atoms with Crippen LogP contribution in [0.1, 0.15) is 22.3 Å². The lowest BCUT2D eigenvalue weighted by molar-refractivity contribution is 0.0909. The van der Waals surface area contributed by atoms with Crippen LogP contribution in [0, 0.1) is 6.92 Å². The van der Waals surface area contributed by atoms with Crippen LogP contribution in [0.4, 0.5) is 0 Å². The molecule has 1 unspecified atom stereocenters. The molecule has 0 bridgehead atoms. The Kier molecular flexibility index (Phi) is 4.81. The van der Waals surface area contributed by atoms with Crippen LogP contribution in [0.5, 0.6) is 0 Å². The number of aryl methyl sites for hydroxylation is 1. The van der Waals surface area contributed by atoms with E-state index >= 15 is 0 Å². The summed E-state index contributed by atoms with van der Waals surface area (Å²) in [6.07, 6.45) is 3.46. The maximum atomic E-state index is 12.2. The van der Waals surface area contributed by atoms with Gasteiger partial charge in [0.2, 0.25) is 0 Å². The van der Waals surface area contributed by atoms with E-state index in [1.807, 2.05) is 26.0 Å². The highest BCUT2D eigenvalue weighted by Gasteiger charge is 2.17. The molecular weight excluding hydrogens is 274 g/mol. The first-order valence-corrected chi connectivity index (χ1v) is 7.11. The summed E-state index contributed by atoms with van der Waals surface area (Å²) in [7, 11) is 1.61. The van der Waals surface area contributed by atoms with Gasteiger partial charge in [0.05, 0.1) is 12.3 Å². The highest BCUT2D eigenvalue weighted by Crippen LogP contribution is 2.27. The van der Waals surface area contributed by atoms with Crippen LogP contribution in [-0.4, -0.2) is 35.6 Å². The van der Waals surface area contributed by atoms with Crippen molar-refractivity contribution < 1.29 is 9.53 Å². The first kappa shape index (κ1) is 14.6. The Morgan fingerprint density at radius 2 is 2.35 bits per heavy atom. The van der Waals surface area contributed by atoms with Crippen molar-refractivity contribution in [3.05, 3.63) is 35.1 Å². The fourth-order valence-electron chi connectivity index (χ4n) is 1.80. The van der Waals surface area contributed by atoms with E-state index in [0.29, 0.717) is 11.5 Å². The van der Waals surface area contributed by atoms with Crippen LogP contribution in [0.15, 0.2) is 24.5 Å². The molecule has 5 nitrogen and oxygen atoms in total. The topological polar surface area (TPSA) is 64.1 Å². The molecule has 106 valence electrons. The molecule has 2 rings (SSSR count). The Balaban J connectivity index is 2.17. The normalized spacial score (nSPS) is 12.2. The maximum Gasteiger partial charge on any atom is 0.263 e. The largest absolute Gasteiger partial charge is 0.383 e. The number of hydrogen-bond acceptors (Lipinski definition) is 5. The number of amides is 1. The molecule has 2 heterocycles. The standard InChI is InChI=1S/C14H17N3O2S/c1-9(8-19-3)16-13(18)12-10(2)17-14(20-12)11-5-4-6-15-7-11/h4-7,9H,8H2,1-3H3,(H,16,18). The Morgan fingerprint density at radius 3 is 3.00 bits per heavy atom. The zero-order valence-electron chi connectivity index (χ0n) is 11.7. The molecule has 0 aliphatic heterocycles. The molecular formula is C14H17N3O2S. The van der Waals surface area contributed by atoms with E-state index in [9.17, 15) is 4.79 Å². The van der Waals surface area contributed by atoms with E-state index in [2.05, 4.69) is 15.3 Å². The molecule has 0 aliphatic rings. The first-order valence-electron chi connectivity index (χ1n) is 6.29. The summed E-state index contributed by atoms with van der Waals surface area (Å²) >= 11 is 1.38. The van der Waals surface area contributed by atoms with Gasteiger partial charge in [0.25, 0.3) is 5.91 Å². The molecule has 0 saturated heterocycles. The molecule has 0 fully saturated rings. The van der Waals surface area contributed by atoms with Crippen molar-refractivity contribution in [2.24, 2.45) is 0 Å². The van der Waals surface area contributed by atoms with Crippen molar-refractivity contribution in [2.75, 3.05) is 13.7 Å². The van der Waals surface area contributed by atoms with Gasteiger partial charge in [-0.1, -0.05) is 0 Å². The van der Waals surface area contributed by atoms with Crippen molar-refractivity contribution in [3.8, 4) is 10.6 Å². The quantitative estimate of drug-likeness (QED) is 0.918. The zero-order chi connectivity index (χ0) is 14.5.